The van der Waals surface area contributed by atoms with Crippen molar-refractivity contribution in [2.24, 2.45) is 0 Å². The van der Waals surface area contributed by atoms with Gasteiger partial charge in [-0.1, -0.05) is 41.9 Å². The predicted octanol–water partition coefficient (Wildman–Crippen LogP) is 4.80. The van der Waals surface area contributed by atoms with Crippen LogP contribution in [-0.4, -0.2) is 14.7 Å². The van der Waals surface area contributed by atoms with Gasteiger partial charge in [0.15, 0.2) is 9.84 Å². The lowest BCUT2D eigenvalue weighted by Gasteiger charge is -2.26. The standard InChI is InChI=1S/C19H17ClO3S/c1-13-3-12-18(14-4-8-16(20)9-5-14)19(23-13)15-6-10-17(11-7-15)24(2,21)22/h3-12,19H,1-2H3. The number of hydrogen-bond acceptors (Lipinski definition) is 3. The highest BCUT2D eigenvalue weighted by Crippen LogP contribution is 2.38. The number of hydrogen-bond donors (Lipinski definition) is 0. The summed E-state index contributed by atoms with van der Waals surface area (Å²) >= 11 is 5.97. The monoisotopic (exact) mass is 360 g/mol. The van der Waals surface area contributed by atoms with Crippen molar-refractivity contribution in [2.75, 3.05) is 6.26 Å². The number of sulfone groups is 1. The highest BCUT2D eigenvalue weighted by Gasteiger charge is 2.23. The highest BCUT2D eigenvalue weighted by molar-refractivity contribution is 7.90. The largest absolute Gasteiger partial charge is 0.486 e. The molecule has 1 unspecified atom stereocenters. The Labute approximate surface area is 147 Å². The molecule has 1 heterocycles. The molecule has 0 fully saturated rings. The Morgan fingerprint density at radius 1 is 0.958 bits per heavy atom. The van der Waals surface area contributed by atoms with Crippen LogP contribution in [0.1, 0.15) is 24.2 Å². The molecule has 24 heavy (non-hydrogen) atoms. The molecule has 0 aliphatic carbocycles. The van der Waals surface area contributed by atoms with Crippen molar-refractivity contribution in [2.45, 2.75) is 17.9 Å². The lowest BCUT2D eigenvalue weighted by molar-refractivity contribution is 0.162. The topological polar surface area (TPSA) is 43.4 Å². The summed E-state index contributed by atoms with van der Waals surface area (Å²) in [7, 11) is -3.21. The number of halogens is 1. The summed E-state index contributed by atoms with van der Waals surface area (Å²) in [5.41, 5.74) is 2.92. The van der Waals surface area contributed by atoms with Gasteiger partial charge in [-0.15, -0.1) is 0 Å². The van der Waals surface area contributed by atoms with E-state index in [1.807, 2.05) is 43.3 Å². The van der Waals surface area contributed by atoms with E-state index < -0.39 is 9.84 Å². The van der Waals surface area contributed by atoms with Crippen LogP contribution in [0.4, 0.5) is 0 Å². The summed E-state index contributed by atoms with van der Waals surface area (Å²) in [6.07, 6.45) is 4.86. The van der Waals surface area contributed by atoms with Crippen LogP contribution in [0.2, 0.25) is 5.02 Å². The van der Waals surface area contributed by atoms with Crippen molar-refractivity contribution in [3.8, 4) is 0 Å². The number of rotatable bonds is 3. The molecule has 1 atom stereocenters. The normalized spacial score (nSPS) is 17.7. The van der Waals surface area contributed by atoms with Gasteiger partial charge in [-0.25, -0.2) is 8.42 Å². The van der Waals surface area contributed by atoms with Gasteiger partial charge in [-0.2, -0.15) is 0 Å². The van der Waals surface area contributed by atoms with Gasteiger partial charge in [-0.05, 0) is 48.4 Å². The first-order valence-corrected chi connectivity index (χ1v) is 9.72. The van der Waals surface area contributed by atoms with Crippen molar-refractivity contribution < 1.29 is 13.2 Å². The number of allylic oxidation sites excluding steroid dienone is 3. The lowest BCUT2D eigenvalue weighted by atomic mass is 9.93. The van der Waals surface area contributed by atoms with E-state index in [0.717, 1.165) is 22.5 Å². The van der Waals surface area contributed by atoms with Crippen LogP contribution in [-0.2, 0) is 14.6 Å². The zero-order valence-electron chi connectivity index (χ0n) is 13.4. The summed E-state index contributed by atoms with van der Waals surface area (Å²) < 4.78 is 29.3. The molecule has 124 valence electrons. The second-order valence-corrected chi connectivity index (χ2v) is 8.20. The summed E-state index contributed by atoms with van der Waals surface area (Å²) in [6, 6.07) is 14.4. The quantitative estimate of drug-likeness (QED) is 0.789. The average molecular weight is 361 g/mol. The minimum Gasteiger partial charge on any atom is -0.486 e. The van der Waals surface area contributed by atoms with E-state index in [4.69, 9.17) is 16.3 Å². The minimum absolute atomic E-state index is 0.287. The van der Waals surface area contributed by atoms with Crippen LogP contribution in [0.3, 0.4) is 0 Å². The second kappa shape index (κ2) is 6.46. The summed E-state index contributed by atoms with van der Waals surface area (Å²) in [5.74, 6) is 0.810. The van der Waals surface area contributed by atoms with Crippen LogP contribution in [0.25, 0.3) is 5.57 Å². The molecule has 0 radical (unpaired) electrons. The summed E-state index contributed by atoms with van der Waals surface area (Å²) in [4.78, 5) is 0.298. The third-order valence-electron chi connectivity index (χ3n) is 3.87. The third-order valence-corrected chi connectivity index (χ3v) is 5.25. The van der Waals surface area contributed by atoms with E-state index in [2.05, 4.69) is 0 Å². The molecule has 0 spiro atoms. The molecule has 2 aromatic rings. The predicted molar refractivity (Wildman–Crippen MR) is 96.6 cm³/mol. The molecular weight excluding hydrogens is 344 g/mol. The van der Waals surface area contributed by atoms with Crippen molar-refractivity contribution >= 4 is 27.0 Å². The van der Waals surface area contributed by atoms with Crippen LogP contribution in [0.5, 0.6) is 0 Å². The van der Waals surface area contributed by atoms with Gasteiger partial charge >= 0.3 is 0 Å². The maximum atomic E-state index is 11.6. The molecule has 0 bridgehead atoms. The van der Waals surface area contributed by atoms with Gasteiger partial charge in [0, 0.05) is 16.9 Å². The second-order valence-electron chi connectivity index (χ2n) is 5.75. The SMILES string of the molecule is CC1=CC=C(c2ccc(Cl)cc2)C(c2ccc(S(C)(=O)=O)cc2)O1. The van der Waals surface area contributed by atoms with Gasteiger partial charge in [0.1, 0.15) is 6.10 Å². The molecule has 0 N–H and O–H groups in total. The lowest BCUT2D eigenvalue weighted by Crippen LogP contribution is -2.09. The van der Waals surface area contributed by atoms with Crippen LogP contribution >= 0.6 is 11.6 Å². The Balaban J connectivity index is 2.00. The van der Waals surface area contributed by atoms with Crippen molar-refractivity contribution in [1.82, 2.24) is 0 Å². The Bertz CT molecular complexity index is 908. The van der Waals surface area contributed by atoms with E-state index in [1.54, 1.807) is 24.3 Å². The maximum Gasteiger partial charge on any atom is 0.175 e. The van der Waals surface area contributed by atoms with Crippen molar-refractivity contribution in [1.29, 1.82) is 0 Å². The Morgan fingerprint density at radius 3 is 2.17 bits per heavy atom. The molecule has 1 aliphatic rings. The van der Waals surface area contributed by atoms with E-state index in [9.17, 15) is 8.42 Å². The first-order valence-electron chi connectivity index (χ1n) is 7.46. The van der Waals surface area contributed by atoms with Crippen molar-refractivity contribution in [3.05, 3.63) is 82.6 Å². The Kier molecular flexibility index (Phi) is 4.52. The molecule has 2 aromatic carbocycles. The number of ether oxygens (including phenoxy) is 1. The fraction of sp³-hybridized carbons (Fsp3) is 0.158. The van der Waals surface area contributed by atoms with Crippen LogP contribution < -0.4 is 0 Å². The number of benzene rings is 2. The van der Waals surface area contributed by atoms with Gasteiger partial charge in [0.05, 0.1) is 10.7 Å². The minimum atomic E-state index is -3.21. The summed E-state index contributed by atoms with van der Waals surface area (Å²) in [6.45, 7) is 1.90. The maximum absolute atomic E-state index is 11.6. The first-order chi connectivity index (χ1) is 11.3. The average Bonchev–Trinajstić information content (AvgIpc) is 2.55. The molecule has 3 rings (SSSR count). The Morgan fingerprint density at radius 2 is 1.58 bits per heavy atom. The van der Waals surface area contributed by atoms with E-state index in [1.165, 1.54) is 6.26 Å². The fourth-order valence-corrected chi connectivity index (χ4v) is 3.37. The van der Waals surface area contributed by atoms with Crippen molar-refractivity contribution in [3.63, 3.8) is 0 Å². The van der Waals surface area contributed by atoms with E-state index in [-0.39, 0.29) is 6.10 Å². The first kappa shape index (κ1) is 16.8. The van der Waals surface area contributed by atoms with Gasteiger partial charge in [0.25, 0.3) is 0 Å². The molecule has 0 saturated carbocycles. The van der Waals surface area contributed by atoms with Gasteiger partial charge in [0.2, 0.25) is 0 Å². The molecular formula is C19H17ClO3S. The van der Waals surface area contributed by atoms with Gasteiger partial charge < -0.3 is 4.74 Å². The zero-order chi connectivity index (χ0) is 17.3. The molecule has 5 heteroatoms. The molecule has 0 amide bonds. The zero-order valence-corrected chi connectivity index (χ0v) is 14.9. The van der Waals surface area contributed by atoms with E-state index in [0.29, 0.717) is 9.92 Å². The van der Waals surface area contributed by atoms with E-state index >= 15 is 0 Å². The molecule has 3 nitrogen and oxygen atoms in total. The van der Waals surface area contributed by atoms with Gasteiger partial charge in [-0.3, -0.25) is 0 Å². The van der Waals surface area contributed by atoms with Crippen LogP contribution in [0.15, 0.2) is 71.3 Å². The third kappa shape index (κ3) is 3.55. The fourth-order valence-electron chi connectivity index (χ4n) is 2.61. The summed E-state index contributed by atoms with van der Waals surface area (Å²) in [5, 5.41) is 0.678. The molecule has 1 aliphatic heterocycles. The molecule has 0 saturated heterocycles. The smallest absolute Gasteiger partial charge is 0.175 e. The highest BCUT2D eigenvalue weighted by atomic mass is 35.5. The Hall–Kier alpha value is -2.04. The van der Waals surface area contributed by atoms with Crippen LogP contribution in [0, 0.1) is 0 Å². The molecule has 0 aromatic heterocycles.